The average molecular weight is 328 g/mol. The molecule has 0 radical (unpaired) electrons. The highest BCUT2D eigenvalue weighted by molar-refractivity contribution is 5.91. The van der Waals surface area contributed by atoms with Crippen LogP contribution in [0.5, 0.6) is 0 Å². The molecule has 2 heterocycles. The van der Waals surface area contributed by atoms with Crippen molar-refractivity contribution in [3.8, 4) is 11.3 Å². The lowest BCUT2D eigenvalue weighted by Gasteiger charge is -2.08. The van der Waals surface area contributed by atoms with E-state index in [0.717, 1.165) is 22.3 Å². The van der Waals surface area contributed by atoms with Crippen LogP contribution in [0.15, 0.2) is 79.1 Å². The van der Waals surface area contributed by atoms with E-state index in [9.17, 15) is 4.79 Å². The van der Waals surface area contributed by atoms with Gasteiger partial charge >= 0.3 is 0 Å². The van der Waals surface area contributed by atoms with Crippen molar-refractivity contribution in [2.45, 2.75) is 6.54 Å². The van der Waals surface area contributed by atoms with E-state index in [1.807, 2.05) is 71.3 Å². The summed E-state index contributed by atoms with van der Waals surface area (Å²) in [6.45, 7) is 0.192. The molecule has 4 rings (SSSR count). The summed E-state index contributed by atoms with van der Waals surface area (Å²) in [5, 5.41) is 2.86. The zero-order valence-corrected chi connectivity index (χ0v) is 13.5. The number of pyridine rings is 1. The quantitative estimate of drug-likeness (QED) is 0.621. The smallest absolute Gasteiger partial charge is 0.245 e. The Kier molecular flexibility index (Phi) is 3.96. The number of carbonyl (C=O) groups is 1. The van der Waals surface area contributed by atoms with Gasteiger partial charge in [-0.3, -0.25) is 4.79 Å². The highest BCUT2D eigenvalue weighted by atomic mass is 16.2. The maximum Gasteiger partial charge on any atom is 0.245 e. The fraction of sp³-hybridized carbons (Fsp3) is 0.0500. The number of amides is 1. The van der Waals surface area contributed by atoms with Gasteiger partial charge in [-0.05, 0) is 24.3 Å². The minimum atomic E-state index is -0.138. The summed E-state index contributed by atoms with van der Waals surface area (Å²) in [4.78, 5) is 21.2. The van der Waals surface area contributed by atoms with Gasteiger partial charge in [-0.25, -0.2) is 9.97 Å². The zero-order valence-electron chi connectivity index (χ0n) is 13.5. The molecule has 0 bridgehead atoms. The van der Waals surface area contributed by atoms with Crippen molar-refractivity contribution >= 4 is 22.8 Å². The maximum absolute atomic E-state index is 12.4. The van der Waals surface area contributed by atoms with Crippen LogP contribution in [-0.4, -0.2) is 20.4 Å². The zero-order chi connectivity index (χ0) is 17.1. The van der Waals surface area contributed by atoms with Crippen LogP contribution >= 0.6 is 0 Å². The van der Waals surface area contributed by atoms with Crippen LogP contribution in [0.3, 0.4) is 0 Å². The molecule has 0 fully saturated rings. The van der Waals surface area contributed by atoms with Gasteiger partial charge in [0, 0.05) is 5.56 Å². The van der Waals surface area contributed by atoms with E-state index in [1.165, 1.54) is 0 Å². The van der Waals surface area contributed by atoms with Crippen molar-refractivity contribution in [1.29, 1.82) is 0 Å². The van der Waals surface area contributed by atoms with Crippen LogP contribution in [0.1, 0.15) is 0 Å². The van der Waals surface area contributed by atoms with Gasteiger partial charge in [-0.15, -0.1) is 0 Å². The molecule has 25 heavy (non-hydrogen) atoms. The number of rotatable bonds is 4. The number of hydrogen-bond donors (Lipinski definition) is 1. The lowest BCUT2D eigenvalue weighted by atomic mass is 10.1. The van der Waals surface area contributed by atoms with Crippen molar-refractivity contribution in [3.05, 3.63) is 79.1 Å². The third-order valence-corrected chi connectivity index (χ3v) is 3.93. The molecule has 0 atom stereocenters. The molecule has 0 saturated heterocycles. The monoisotopic (exact) mass is 328 g/mol. The molecule has 5 heteroatoms. The van der Waals surface area contributed by atoms with Gasteiger partial charge in [0.25, 0.3) is 0 Å². The fourth-order valence-electron chi connectivity index (χ4n) is 2.75. The van der Waals surface area contributed by atoms with Gasteiger partial charge < -0.3 is 9.88 Å². The molecule has 1 N–H and O–H groups in total. The Morgan fingerprint density at radius 2 is 1.72 bits per heavy atom. The third-order valence-electron chi connectivity index (χ3n) is 3.93. The molecule has 2 aromatic carbocycles. The normalized spacial score (nSPS) is 10.7. The lowest BCUT2D eigenvalue weighted by Crippen LogP contribution is -2.19. The molecular weight excluding hydrogens is 312 g/mol. The second-order valence-electron chi connectivity index (χ2n) is 5.68. The SMILES string of the molecule is O=C(Cn1cnc2ccccc21)Nc1cccc(-c2ccccc2)n1. The summed E-state index contributed by atoms with van der Waals surface area (Å²) in [5.74, 6) is 0.400. The van der Waals surface area contributed by atoms with E-state index in [2.05, 4.69) is 15.3 Å². The van der Waals surface area contributed by atoms with Crippen LogP contribution in [0.4, 0.5) is 5.82 Å². The van der Waals surface area contributed by atoms with Crippen LogP contribution < -0.4 is 5.32 Å². The number of anilines is 1. The van der Waals surface area contributed by atoms with E-state index in [0.29, 0.717) is 5.82 Å². The standard InChI is InChI=1S/C20H16N4O/c25-20(13-24-14-21-17-9-4-5-11-18(17)24)23-19-12-6-10-16(22-19)15-7-2-1-3-8-15/h1-12,14H,13H2,(H,22,23,25). The molecule has 0 aliphatic rings. The number of carbonyl (C=O) groups excluding carboxylic acids is 1. The molecule has 122 valence electrons. The number of fused-ring (bicyclic) bond motifs is 1. The summed E-state index contributed by atoms with van der Waals surface area (Å²) < 4.78 is 1.83. The van der Waals surface area contributed by atoms with Gasteiger partial charge in [0.15, 0.2) is 0 Å². The molecule has 4 aromatic rings. The van der Waals surface area contributed by atoms with Crippen molar-refractivity contribution < 1.29 is 4.79 Å². The highest BCUT2D eigenvalue weighted by Gasteiger charge is 2.08. The molecule has 0 saturated carbocycles. The fourth-order valence-corrected chi connectivity index (χ4v) is 2.75. The molecule has 0 aliphatic heterocycles. The van der Waals surface area contributed by atoms with Crippen molar-refractivity contribution in [1.82, 2.24) is 14.5 Å². The number of nitrogens with one attached hydrogen (secondary N) is 1. The van der Waals surface area contributed by atoms with Gasteiger partial charge in [0.05, 0.1) is 23.1 Å². The average Bonchev–Trinajstić information content (AvgIpc) is 3.06. The van der Waals surface area contributed by atoms with Gasteiger partial charge in [0.2, 0.25) is 5.91 Å². The predicted octanol–water partition coefficient (Wildman–Crippen LogP) is 3.74. The second kappa shape index (κ2) is 6.57. The predicted molar refractivity (Wildman–Crippen MR) is 98.0 cm³/mol. The van der Waals surface area contributed by atoms with Crippen molar-refractivity contribution in [3.63, 3.8) is 0 Å². The van der Waals surface area contributed by atoms with Gasteiger partial charge in [-0.1, -0.05) is 48.5 Å². The summed E-state index contributed by atoms with van der Waals surface area (Å²) in [7, 11) is 0. The number of nitrogens with zero attached hydrogens (tertiary/aromatic N) is 3. The summed E-state index contributed by atoms with van der Waals surface area (Å²) in [6.07, 6.45) is 1.68. The van der Waals surface area contributed by atoms with Crippen LogP contribution in [-0.2, 0) is 11.3 Å². The number of para-hydroxylation sites is 2. The Labute approximate surface area is 145 Å². The highest BCUT2D eigenvalue weighted by Crippen LogP contribution is 2.18. The van der Waals surface area contributed by atoms with Gasteiger partial charge in [-0.2, -0.15) is 0 Å². The van der Waals surface area contributed by atoms with E-state index in [-0.39, 0.29) is 12.5 Å². The lowest BCUT2D eigenvalue weighted by molar-refractivity contribution is -0.116. The topological polar surface area (TPSA) is 59.8 Å². The number of imidazole rings is 1. The molecule has 0 unspecified atom stereocenters. The van der Waals surface area contributed by atoms with Crippen molar-refractivity contribution in [2.75, 3.05) is 5.32 Å². The maximum atomic E-state index is 12.4. The Balaban J connectivity index is 1.51. The van der Waals surface area contributed by atoms with E-state index in [1.54, 1.807) is 12.4 Å². The first-order valence-corrected chi connectivity index (χ1v) is 8.02. The third kappa shape index (κ3) is 3.26. The molecule has 2 aromatic heterocycles. The minimum absolute atomic E-state index is 0.138. The first kappa shape index (κ1) is 15.1. The number of hydrogen-bond acceptors (Lipinski definition) is 3. The first-order chi connectivity index (χ1) is 12.3. The number of benzene rings is 2. The molecule has 5 nitrogen and oxygen atoms in total. The number of aromatic nitrogens is 3. The summed E-state index contributed by atoms with van der Waals surface area (Å²) in [5.41, 5.74) is 3.65. The Hall–Kier alpha value is -3.47. The largest absolute Gasteiger partial charge is 0.321 e. The Morgan fingerprint density at radius 1 is 0.920 bits per heavy atom. The van der Waals surface area contributed by atoms with Crippen LogP contribution in [0.2, 0.25) is 0 Å². The van der Waals surface area contributed by atoms with E-state index >= 15 is 0 Å². The van der Waals surface area contributed by atoms with Crippen LogP contribution in [0, 0.1) is 0 Å². The first-order valence-electron chi connectivity index (χ1n) is 8.02. The van der Waals surface area contributed by atoms with E-state index < -0.39 is 0 Å². The second-order valence-corrected chi connectivity index (χ2v) is 5.68. The van der Waals surface area contributed by atoms with Crippen molar-refractivity contribution in [2.24, 2.45) is 0 Å². The minimum Gasteiger partial charge on any atom is -0.321 e. The van der Waals surface area contributed by atoms with Gasteiger partial charge in [0.1, 0.15) is 12.4 Å². The van der Waals surface area contributed by atoms with Crippen LogP contribution in [0.25, 0.3) is 22.3 Å². The molecule has 1 amide bonds. The summed E-state index contributed by atoms with van der Waals surface area (Å²) in [6, 6.07) is 23.2. The summed E-state index contributed by atoms with van der Waals surface area (Å²) >= 11 is 0. The molecular formula is C20H16N4O. The Bertz CT molecular complexity index is 1020. The molecule has 0 spiro atoms. The van der Waals surface area contributed by atoms with E-state index in [4.69, 9.17) is 0 Å². The molecule has 0 aliphatic carbocycles. The Morgan fingerprint density at radius 3 is 2.60 bits per heavy atom.